The molecular weight excluding hydrogens is 324 g/mol. The summed E-state index contributed by atoms with van der Waals surface area (Å²) in [7, 11) is 1.84. The van der Waals surface area contributed by atoms with E-state index in [-0.39, 0.29) is 5.91 Å². The summed E-state index contributed by atoms with van der Waals surface area (Å²) < 4.78 is 0. The zero-order valence-electron chi connectivity index (χ0n) is 15.7. The van der Waals surface area contributed by atoms with Gasteiger partial charge < -0.3 is 15.1 Å². The molecule has 2 aromatic rings. The molecule has 1 fully saturated rings. The fourth-order valence-electron chi connectivity index (χ4n) is 3.19. The Kier molecular flexibility index (Phi) is 6.10. The molecule has 0 spiro atoms. The minimum Gasteiger partial charge on any atom is -0.372 e. The Morgan fingerprint density at radius 3 is 2.50 bits per heavy atom. The van der Waals surface area contributed by atoms with Crippen LogP contribution in [0.5, 0.6) is 0 Å². The highest BCUT2D eigenvalue weighted by Gasteiger charge is 2.13. The molecule has 3 rings (SSSR count). The van der Waals surface area contributed by atoms with E-state index in [1.165, 1.54) is 18.5 Å². The van der Waals surface area contributed by atoms with Crippen molar-refractivity contribution in [2.45, 2.75) is 32.6 Å². The van der Waals surface area contributed by atoms with Crippen molar-refractivity contribution in [2.24, 2.45) is 0 Å². The van der Waals surface area contributed by atoms with E-state index in [2.05, 4.69) is 46.4 Å². The lowest BCUT2D eigenvalue weighted by atomic mass is 10.2. The van der Waals surface area contributed by atoms with Crippen LogP contribution in [0.4, 0.5) is 17.2 Å². The number of nitrogens with one attached hydrogen (secondary N) is 1. The van der Waals surface area contributed by atoms with Crippen LogP contribution in [0.15, 0.2) is 42.6 Å². The van der Waals surface area contributed by atoms with Crippen LogP contribution < -0.4 is 10.2 Å². The van der Waals surface area contributed by atoms with Gasteiger partial charge in [-0.25, -0.2) is 4.98 Å². The molecule has 1 aliphatic heterocycles. The molecule has 26 heavy (non-hydrogen) atoms. The lowest BCUT2D eigenvalue weighted by Crippen LogP contribution is -2.27. The zero-order valence-corrected chi connectivity index (χ0v) is 15.7. The molecule has 138 valence electrons. The molecule has 0 unspecified atom stereocenters. The Balaban J connectivity index is 1.59. The summed E-state index contributed by atoms with van der Waals surface area (Å²) >= 11 is 0. The first kappa shape index (κ1) is 18.2. The van der Waals surface area contributed by atoms with Gasteiger partial charge >= 0.3 is 0 Å². The highest BCUT2D eigenvalue weighted by Crippen LogP contribution is 2.23. The topological polar surface area (TPSA) is 48.5 Å². The summed E-state index contributed by atoms with van der Waals surface area (Å²) in [5.41, 5.74) is 2.90. The first-order chi connectivity index (χ1) is 12.7. The lowest BCUT2D eigenvalue weighted by Gasteiger charge is -2.18. The smallest absolute Gasteiger partial charge is 0.255 e. The van der Waals surface area contributed by atoms with Gasteiger partial charge in [0.2, 0.25) is 0 Å². The highest BCUT2D eigenvalue weighted by molar-refractivity contribution is 5.94. The van der Waals surface area contributed by atoms with E-state index < -0.39 is 0 Å². The molecule has 1 aliphatic rings. The van der Waals surface area contributed by atoms with Crippen LogP contribution in [0.1, 0.15) is 43.0 Å². The number of aromatic nitrogens is 1. The molecule has 1 aromatic carbocycles. The summed E-state index contributed by atoms with van der Waals surface area (Å²) in [5, 5.41) is 3.30. The van der Waals surface area contributed by atoms with E-state index in [0.29, 0.717) is 5.56 Å². The maximum atomic E-state index is 12.3. The van der Waals surface area contributed by atoms with Crippen molar-refractivity contribution in [1.82, 2.24) is 9.88 Å². The van der Waals surface area contributed by atoms with E-state index in [9.17, 15) is 4.79 Å². The minimum atomic E-state index is 0.0208. The number of hydrogen-bond donors (Lipinski definition) is 1. The predicted molar refractivity (Wildman–Crippen MR) is 107 cm³/mol. The van der Waals surface area contributed by atoms with Crippen molar-refractivity contribution in [3.05, 3.63) is 48.2 Å². The van der Waals surface area contributed by atoms with Gasteiger partial charge in [-0.15, -0.1) is 0 Å². The summed E-state index contributed by atoms with van der Waals surface area (Å²) in [6.45, 7) is 5.20. The molecule has 2 heterocycles. The summed E-state index contributed by atoms with van der Waals surface area (Å²) in [6.07, 6.45) is 6.30. The molecule has 1 saturated heterocycles. The van der Waals surface area contributed by atoms with E-state index >= 15 is 0 Å². The van der Waals surface area contributed by atoms with Crippen molar-refractivity contribution in [1.29, 1.82) is 0 Å². The van der Waals surface area contributed by atoms with Gasteiger partial charge in [-0.1, -0.05) is 13.3 Å². The number of rotatable bonds is 7. The maximum absolute atomic E-state index is 12.3. The normalized spacial score (nSPS) is 13.7. The van der Waals surface area contributed by atoms with Crippen LogP contribution in [0.25, 0.3) is 0 Å². The second-order valence-corrected chi connectivity index (χ2v) is 6.88. The van der Waals surface area contributed by atoms with Crippen LogP contribution in [0, 0.1) is 0 Å². The average Bonchev–Trinajstić information content (AvgIpc) is 3.21. The third-order valence-corrected chi connectivity index (χ3v) is 4.82. The number of amides is 1. The minimum absolute atomic E-state index is 0.0208. The number of unbranched alkanes of at least 4 members (excludes halogenated alkanes) is 1. The molecule has 1 N–H and O–H groups in total. The number of carbonyl (C=O) groups excluding carboxylic acids is 1. The van der Waals surface area contributed by atoms with Gasteiger partial charge in [0.25, 0.3) is 5.91 Å². The van der Waals surface area contributed by atoms with Gasteiger partial charge in [-0.2, -0.15) is 0 Å². The standard InChI is InChI=1S/C21H28N4O/c1-3-4-13-24(2)21(26)17-7-12-20(22-16-17)23-18-8-10-19(11-9-18)25-14-5-6-15-25/h7-12,16H,3-6,13-15H2,1-2H3,(H,22,23). The van der Waals surface area contributed by atoms with Crippen LogP contribution in [0.3, 0.4) is 0 Å². The first-order valence-electron chi connectivity index (χ1n) is 9.51. The summed E-state index contributed by atoms with van der Waals surface area (Å²) in [5.74, 6) is 0.763. The summed E-state index contributed by atoms with van der Waals surface area (Å²) in [4.78, 5) is 20.9. The van der Waals surface area contributed by atoms with Gasteiger partial charge in [-0.05, 0) is 55.7 Å². The third-order valence-electron chi connectivity index (χ3n) is 4.82. The SMILES string of the molecule is CCCCN(C)C(=O)c1ccc(Nc2ccc(N3CCCC3)cc2)nc1. The lowest BCUT2D eigenvalue weighted by molar-refractivity contribution is 0.0793. The molecule has 1 aromatic heterocycles. The van der Waals surface area contributed by atoms with Crippen molar-refractivity contribution in [3.8, 4) is 0 Å². The quantitative estimate of drug-likeness (QED) is 0.807. The molecule has 0 bridgehead atoms. The largest absolute Gasteiger partial charge is 0.372 e. The number of pyridine rings is 1. The average molecular weight is 352 g/mol. The van der Waals surface area contributed by atoms with Crippen molar-refractivity contribution < 1.29 is 4.79 Å². The van der Waals surface area contributed by atoms with Crippen molar-refractivity contribution >= 4 is 23.1 Å². The molecule has 0 aliphatic carbocycles. The molecule has 0 radical (unpaired) electrons. The zero-order chi connectivity index (χ0) is 18.4. The summed E-state index contributed by atoms with van der Waals surface area (Å²) in [6, 6.07) is 12.1. The van der Waals surface area contributed by atoms with Crippen molar-refractivity contribution in [2.75, 3.05) is 36.9 Å². The maximum Gasteiger partial charge on any atom is 0.255 e. The van der Waals surface area contributed by atoms with Gasteiger partial charge in [0.15, 0.2) is 0 Å². The van der Waals surface area contributed by atoms with E-state index in [1.54, 1.807) is 11.1 Å². The Bertz CT molecular complexity index is 706. The molecular formula is C21H28N4O. The Morgan fingerprint density at radius 1 is 1.15 bits per heavy atom. The number of carbonyl (C=O) groups is 1. The molecule has 0 saturated carbocycles. The molecule has 5 nitrogen and oxygen atoms in total. The Labute approximate surface area is 156 Å². The fourth-order valence-corrected chi connectivity index (χ4v) is 3.19. The highest BCUT2D eigenvalue weighted by atomic mass is 16.2. The van der Waals surface area contributed by atoms with Gasteiger partial charge in [0, 0.05) is 44.3 Å². The monoisotopic (exact) mass is 352 g/mol. The number of nitrogens with zero attached hydrogens (tertiary/aromatic N) is 3. The molecule has 5 heteroatoms. The van der Waals surface area contributed by atoms with Crippen LogP contribution in [-0.2, 0) is 0 Å². The van der Waals surface area contributed by atoms with E-state index in [4.69, 9.17) is 0 Å². The number of benzene rings is 1. The van der Waals surface area contributed by atoms with Crippen LogP contribution in [0.2, 0.25) is 0 Å². The second-order valence-electron chi connectivity index (χ2n) is 6.88. The Hall–Kier alpha value is -2.56. The van der Waals surface area contributed by atoms with Crippen LogP contribution >= 0.6 is 0 Å². The molecule has 0 atom stereocenters. The first-order valence-corrected chi connectivity index (χ1v) is 9.51. The van der Waals surface area contributed by atoms with Gasteiger partial charge in [-0.3, -0.25) is 4.79 Å². The number of anilines is 3. The third kappa shape index (κ3) is 4.54. The second kappa shape index (κ2) is 8.70. The Morgan fingerprint density at radius 2 is 1.88 bits per heavy atom. The van der Waals surface area contributed by atoms with Crippen molar-refractivity contribution in [3.63, 3.8) is 0 Å². The van der Waals surface area contributed by atoms with Gasteiger partial charge in [0.05, 0.1) is 5.56 Å². The van der Waals surface area contributed by atoms with Crippen LogP contribution in [-0.4, -0.2) is 42.5 Å². The molecule has 1 amide bonds. The van der Waals surface area contributed by atoms with E-state index in [0.717, 1.165) is 44.0 Å². The predicted octanol–water partition coefficient (Wildman–Crippen LogP) is 4.30. The van der Waals surface area contributed by atoms with E-state index in [1.807, 2.05) is 19.2 Å². The fraction of sp³-hybridized carbons (Fsp3) is 0.429. The van der Waals surface area contributed by atoms with Gasteiger partial charge in [0.1, 0.15) is 5.82 Å². The number of hydrogen-bond acceptors (Lipinski definition) is 4.